The van der Waals surface area contributed by atoms with E-state index >= 15 is 0 Å². The first kappa shape index (κ1) is 22.2. The van der Waals surface area contributed by atoms with Crippen LogP contribution in [0.25, 0.3) is 6.08 Å². The minimum Gasteiger partial charge on any atom is -0.438 e. The lowest BCUT2D eigenvalue weighted by atomic mass is 10.2. The van der Waals surface area contributed by atoms with Crippen molar-refractivity contribution >= 4 is 34.9 Å². The van der Waals surface area contributed by atoms with E-state index in [1.807, 2.05) is 6.07 Å². The second kappa shape index (κ2) is 10.1. The van der Waals surface area contributed by atoms with Crippen molar-refractivity contribution in [3.63, 3.8) is 0 Å². The van der Waals surface area contributed by atoms with Crippen molar-refractivity contribution in [2.24, 2.45) is 0 Å². The number of nitrogens with zero attached hydrogens (tertiary/aromatic N) is 2. The molecule has 1 aromatic heterocycles. The van der Waals surface area contributed by atoms with Gasteiger partial charge in [0.1, 0.15) is 17.1 Å². The summed E-state index contributed by atoms with van der Waals surface area (Å²) in [4.78, 5) is 42.9. The van der Waals surface area contributed by atoms with Gasteiger partial charge in [-0.3, -0.25) is 19.3 Å². The molecule has 33 heavy (non-hydrogen) atoms. The van der Waals surface area contributed by atoms with E-state index in [9.17, 15) is 18.8 Å². The Morgan fingerprint density at radius 1 is 1.06 bits per heavy atom. The van der Waals surface area contributed by atoms with Crippen LogP contribution in [-0.2, 0) is 4.79 Å². The third-order valence-electron chi connectivity index (χ3n) is 4.64. The smallest absolute Gasteiger partial charge is 0.293 e. The number of hydrogen-bond acceptors (Lipinski definition) is 6. The van der Waals surface area contributed by atoms with Gasteiger partial charge in [-0.2, -0.15) is 0 Å². The van der Waals surface area contributed by atoms with E-state index in [-0.39, 0.29) is 35.3 Å². The number of nitrogens with one attached hydrogen (secondary N) is 1. The minimum atomic E-state index is -0.460. The number of rotatable bonds is 7. The largest absolute Gasteiger partial charge is 0.438 e. The summed E-state index contributed by atoms with van der Waals surface area (Å²) in [5.41, 5.74) is 0.837. The summed E-state index contributed by atoms with van der Waals surface area (Å²) in [5, 5.41) is 2.26. The Hall–Kier alpha value is -3.98. The number of hydrogen-bond donors (Lipinski definition) is 1. The maximum Gasteiger partial charge on any atom is 0.293 e. The van der Waals surface area contributed by atoms with E-state index < -0.39 is 17.1 Å². The number of para-hydroxylation sites is 1. The number of benzene rings is 2. The maximum atomic E-state index is 13.1. The molecule has 0 atom stereocenters. The molecule has 1 aliphatic heterocycles. The van der Waals surface area contributed by atoms with E-state index in [0.29, 0.717) is 11.3 Å². The fraction of sp³-hybridized carbons (Fsp3) is 0.0833. The zero-order valence-corrected chi connectivity index (χ0v) is 18.0. The van der Waals surface area contributed by atoms with Gasteiger partial charge in [0.15, 0.2) is 0 Å². The third-order valence-corrected chi connectivity index (χ3v) is 5.54. The first-order valence-electron chi connectivity index (χ1n) is 9.98. The summed E-state index contributed by atoms with van der Waals surface area (Å²) in [7, 11) is 0. The van der Waals surface area contributed by atoms with Crippen LogP contribution in [0.4, 0.5) is 9.18 Å². The summed E-state index contributed by atoms with van der Waals surface area (Å²) in [6.45, 7) is 0.0622. The van der Waals surface area contributed by atoms with Gasteiger partial charge in [0, 0.05) is 19.3 Å². The molecule has 7 nitrogen and oxygen atoms in total. The lowest BCUT2D eigenvalue weighted by Gasteiger charge is -2.14. The lowest BCUT2D eigenvalue weighted by molar-refractivity contribution is -0.122. The van der Waals surface area contributed by atoms with E-state index in [1.54, 1.807) is 36.4 Å². The Kier molecular flexibility index (Phi) is 6.80. The first-order valence-corrected chi connectivity index (χ1v) is 10.8. The van der Waals surface area contributed by atoms with Crippen LogP contribution in [0.1, 0.15) is 15.9 Å². The molecule has 0 radical (unpaired) electrons. The van der Waals surface area contributed by atoms with Crippen LogP contribution in [0.3, 0.4) is 0 Å². The predicted octanol–water partition coefficient (Wildman–Crippen LogP) is 4.48. The topological polar surface area (TPSA) is 88.6 Å². The third kappa shape index (κ3) is 5.45. The monoisotopic (exact) mass is 463 g/mol. The van der Waals surface area contributed by atoms with Crippen molar-refractivity contribution < 1.29 is 23.5 Å². The number of carbonyl (C=O) groups is 3. The van der Waals surface area contributed by atoms with Crippen molar-refractivity contribution in [2.45, 2.75) is 0 Å². The molecule has 0 saturated carbocycles. The van der Waals surface area contributed by atoms with Crippen LogP contribution in [0.2, 0.25) is 0 Å². The lowest BCUT2D eigenvalue weighted by Crippen LogP contribution is -2.37. The highest BCUT2D eigenvalue weighted by atomic mass is 32.2. The first-order chi connectivity index (χ1) is 16.0. The average Bonchev–Trinajstić information content (AvgIpc) is 3.09. The summed E-state index contributed by atoms with van der Waals surface area (Å²) >= 11 is 0.802. The van der Waals surface area contributed by atoms with Gasteiger partial charge in [0.05, 0.1) is 4.91 Å². The van der Waals surface area contributed by atoms with Gasteiger partial charge in [-0.05, 0) is 59.8 Å². The molecular weight excluding hydrogens is 445 g/mol. The van der Waals surface area contributed by atoms with E-state index in [0.717, 1.165) is 16.7 Å². The number of amides is 3. The number of imide groups is 1. The number of carbonyl (C=O) groups excluding carboxylic acids is 3. The van der Waals surface area contributed by atoms with E-state index in [2.05, 4.69) is 10.3 Å². The standard InChI is InChI=1S/C24H18FN3O4S/c25-17-10-8-16(9-11-17)15-20-23(30)28(24(31)33-20)14-13-26-21(29)19-7-4-12-27-22(19)32-18-5-2-1-3-6-18/h1-12,15H,13-14H2,(H,26,29)/b20-15-. The fourth-order valence-electron chi connectivity index (χ4n) is 3.02. The molecule has 3 aromatic rings. The summed E-state index contributed by atoms with van der Waals surface area (Å²) in [6.07, 6.45) is 3.05. The summed E-state index contributed by atoms with van der Waals surface area (Å²) < 4.78 is 18.8. The Balaban J connectivity index is 1.37. The van der Waals surface area contributed by atoms with Gasteiger partial charge < -0.3 is 10.1 Å². The second-order valence-electron chi connectivity index (χ2n) is 6.91. The van der Waals surface area contributed by atoms with Gasteiger partial charge >= 0.3 is 0 Å². The zero-order valence-electron chi connectivity index (χ0n) is 17.2. The van der Waals surface area contributed by atoms with Gasteiger partial charge in [-0.25, -0.2) is 9.37 Å². The van der Waals surface area contributed by atoms with Crippen molar-refractivity contribution in [1.29, 1.82) is 0 Å². The highest BCUT2D eigenvalue weighted by Crippen LogP contribution is 2.32. The number of pyridine rings is 1. The van der Waals surface area contributed by atoms with E-state index in [1.165, 1.54) is 36.5 Å². The van der Waals surface area contributed by atoms with Crippen LogP contribution < -0.4 is 10.1 Å². The maximum absolute atomic E-state index is 13.1. The molecule has 166 valence electrons. The van der Waals surface area contributed by atoms with Crippen molar-refractivity contribution in [3.05, 3.63) is 94.8 Å². The molecule has 1 aliphatic rings. The molecule has 9 heteroatoms. The van der Waals surface area contributed by atoms with Crippen molar-refractivity contribution in [3.8, 4) is 11.6 Å². The molecular formula is C24H18FN3O4S. The summed E-state index contributed by atoms with van der Waals surface area (Å²) in [6, 6.07) is 17.7. The molecule has 0 aliphatic carbocycles. The zero-order chi connectivity index (χ0) is 23.2. The van der Waals surface area contributed by atoms with Gasteiger partial charge in [0.2, 0.25) is 5.88 Å². The molecule has 0 bridgehead atoms. The highest BCUT2D eigenvalue weighted by Gasteiger charge is 2.34. The number of ether oxygens (including phenoxy) is 1. The highest BCUT2D eigenvalue weighted by molar-refractivity contribution is 8.18. The van der Waals surface area contributed by atoms with Gasteiger partial charge in [-0.15, -0.1) is 0 Å². The molecule has 0 spiro atoms. The van der Waals surface area contributed by atoms with Crippen LogP contribution in [-0.4, -0.2) is 40.0 Å². The van der Waals surface area contributed by atoms with Crippen LogP contribution in [0.15, 0.2) is 77.8 Å². The van der Waals surface area contributed by atoms with Gasteiger partial charge in [-0.1, -0.05) is 30.3 Å². The van der Waals surface area contributed by atoms with Crippen molar-refractivity contribution in [2.75, 3.05) is 13.1 Å². The normalized spacial score (nSPS) is 14.6. The van der Waals surface area contributed by atoms with Crippen LogP contribution in [0.5, 0.6) is 11.6 Å². The fourth-order valence-corrected chi connectivity index (χ4v) is 3.89. The Labute approximate surface area is 193 Å². The number of thioether (sulfide) groups is 1. The summed E-state index contributed by atoms with van der Waals surface area (Å²) in [5.74, 6) is -0.603. The van der Waals surface area contributed by atoms with Crippen molar-refractivity contribution in [1.82, 2.24) is 15.2 Å². The van der Waals surface area contributed by atoms with Gasteiger partial charge in [0.25, 0.3) is 17.1 Å². The Morgan fingerprint density at radius 2 is 1.82 bits per heavy atom. The predicted molar refractivity (Wildman–Crippen MR) is 122 cm³/mol. The molecule has 1 fully saturated rings. The second-order valence-corrected chi connectivity index (χ2v) is 7.91. The van der Waals surface area contributed by atoms with Crippen LogP contribution >= 0.6 is 11.8 Å². The minimum absolute atomic E-state index is 0.00625. The molecule has 0 unspecified atom stereocenters. The number of aromatic nitrogens is 1. The van der Waals surface area contributed by atoms with Crippen LogP contribution in [0, 0.1) is 5.82 Å². The molecule has 1 saturated heterocycles. The Morgan fingerprint density at radius 3 is 2.58 bits per heavy atom. The SMILES string of the molecule is O=C(NCCN1C(=O)S/C(=C\c2ccc(F)cc2)C1=O)c1cccnc1Oc1ccccc1. The molecule has 2 heterocycles. The molecule has 4 rings (SSSR count). The van der Waals surface area contributed by atoms with E-state index in [4.69, 9.17) is 4.74 Å². The molecule has 3 amide bonds. The molecule has 1 N–H and O–H groups in total. The molecule has 2 aromatic carbocycles. The Bertz CT molecular complexity index is 1220. The number of halogens is 1. The average molecular weight is 463 g/mol. The quantitative estimate of drug-likeness (QED) is 0.520.